The molecule has 1 N–H and O–H groups in total. The second kappa shape index (κ2) is 10.4. The topological polar surface area (TPSA) is 115 Å². The number of benzene rings is 1. The van der Waals surface area contributed by atoms with E-state index >= 15 is 0 Å². The summed E-state index contributed by atoms with van der Waals surface area (Å²) in [4.78, 5) is 15.3. The van der Waals surface area contributed by atoms with E-state index in [4.69, 9.17) is 9.15 Å². The minimum absolute atomic E-state index is 0.0245. The Morgan fingerprint density at radius 3 is 2.32 bits per heavy atom. The van der Waals surface area contributed by atoms with Crippen LogP contribution in [0.25, 0.3) is 0 Å². The number of methoxy groups -OCH3 is 1. The minimum atomic E-state index is -3.71. The largest absolute Gasteiger partial charge is 0.497 e. The van der Waals surface area contributed by atoms with Gasteiger partial charge in [-0.25, -0.2) is 8.42 Å². The smallest absolute Gasteiger partial charge is 0.231 e. The highest BCUT2D eigenvalue weighted by atomic mass is 32.2. The van der Waals surface area contributed by atoms with Gasteiger partial charge in [-0.15, -0.1) is 10.2 Å². The molecule has 1 aliphatic carbocycles. The first-order valence-electron chi connectivity index (χ1n) is 12.0. The first-order valence-corrected chi connectivity index (χ1v) is 13.6. The van der Waals surface area contributed by atoms with Crippen LogP contribution in [0.2, 0.25) is 0 Å². The summed E-state index contributed by atoms with van der Waals surface area (Å²) >= 11 is 0. The van der Waals surface area contributed by atoms with E-state index < -0.39 is 15.6 Å². The van der Waals surface area contributed by atoms with Gasteiger partial charge in [-0.3, -0.25) is 4.79 Å². The van der Waals surface area contributed by atoms with Gasteiger partial charge in [-0.05, 0) is 88.7 Å². The number of rotatable bonds is 8. The average molecular weight is 491 g/mol. The number of ether oxygens (including phenoxy) is 1. The van der Waals surface area contributed by atoms with Gasteiger partial charge < -0.3 is 19.4 Å². The van der Waals surface area contributed by atoms with Gasteiger partial charge in [0.15, 0.2) is 9.84 Å². The fraction of sp³-hybridized carbons (Fsp3) is 0.625. The predicted octanol–water partition coefficient (Wildman–Crippen LogP) is 2.73. The van der Waals surface area contributed by atoms with Gasteiger partial charge in [0, 0.05) is 12.1 Å². The Kier molecular flexibility index (Phi) is 7.57. The molecule has 34 heavy (non-hydrogen) atoms. The van der Waals surface area contributed by atoms with Crippen LogP contribution < -0.4 is 10.1 Å². The average Bonchev–Trinajstić information content (AvgIpc) is 3.45. The van der Waals surface area contributed by atoms with Crippen molar-refractivity contribution in [2.24, 2.45) is 0 Å². The van der Waals surface area contributed by atoms with E-state index in [1.54, 1.807) is 26.0 Å². The fourth-order valence-corrected chi connectivity index (χ4v) is 6.96. The van der Waals surface area contributed by atoms with E-state index in [1.807, 2.05) is 0 Å². The lowest BCUT2D eigenvalue weighted by molar-refractivity contribution is -0.121. The molecule has 0 spiro atoms. The van der Waals surface area contributed by atoms with Crippen LogP contribution in [-0.4, -0.2) is 61.7 Å². The van der Waals surface area contributed by atoms with E-state index in [2.05, 4.69) is 20.4 Å². The van der Waals surface area contributed by atoms with Crippen molar-refractivity contribution in [3.63, 3.8) is 0 Å². The number of nitrogens with one attached hydrogen (secondary N) is 1. The van der Waals surface area contributed by atoms with Gasteiger partial charge in [0.25, 0.3) is 0 Å². The third-order valence-electron chi connectivity index (χ3n) is 6.83. The number of aryl methyl sites for hydroxylation is 2. The molecule has 1 saturated carbocycles. The van der Waals surface area contributed by atoms with Crippen LogP contribution in [0.5, 0.6) is 5.75 Å². The zero-order chi connectivity index (χ0) is 24.3. The molecular weight excluding hydrogens is 456 g/mol. The monoisotopic (exact) mass is 490 g/mol. The first kappa shape index (κ1) is 24.7. The van der Waals surface area contributed by atoms with E-state index in [-0.39, 0.29) is 35.0 Å². The Morgan fingerprint density at radius 1 is 1.09 bits per heavy atom. The van der Waals surface area contributed by atoms with Crippen molar-refractivity contribution < 1.29 is 22.4 Å². The molecule has 0 bridgehead atoms. The van der Waals surface area contributed by atoms with Gasteiger partial charge in [0.2, 0.25) is 17.7 Å². The van der Waals surface area contributed by atoms with E-state index in [0.29, 0.717) is 22.9 Å². The molecule has 2 aliphatic rings. The van der Waals surface area contributed by atoms with Crippen LogP contribution in [0.4, 0.5) is 0 Å². The van der Waals surface area contributed by atoms with Gasteiger partial charge in [-0.2, -0.15) is 0 Å². The molecule has 186 valence electrons. The van der Waals surface area contributed by atoms with Crippen molar-refractivity contribution in [1.29, 1.82) is 0 Å². The summed E-state index contributed by atoms with van der Waals surface area (Å²) in [7, 11) is -2.17. The number of sulfone groups is 1. The van der Waals surface area contributed by atoms with Gasteiger partial charge in [-0.1, -0.05) is 0 Å². The zero-order valence-electron chi connectivity index (χ0n) is 20.2. The van der Waals surface area contributed by atoms with Crippen molar-refractivity contribution in [3.8, 4) is 5.75 Å². The molecule has 2 heterocycles. The molecule has 0 unspecified atom stereocenters. The number of carbonyl (C=O) groups excluding carboxylic acids is 1. The Bertz CT molecular complexity index is 1090. The molecule has 1 saturated heterocycles. The predicted molar refractivity (Wildman–Crippen MR) is 126 cm³/mol. The molecule has 1 aliphatic heterocycles. The zero-order valence-corrected chi connectivity index (χ0v) is 21.0. The number of nitrogens with zero attached hydrogens (tertiary/aromatic N) is 3. The third-order valence-corrected chi connectivity index (χ3v) is 8.73. The van der Waals surface area contributed by atoms with Crippen LogP contribution in [0.1, 0.15) is 61.4 Å². The third kappa shape index (κ3) is 5.78. The maximum Gasteiger partial charge on any atom is 0.231 e. The molecule has 4 rings (SSSR count). The van der Waals surface area contributed by atoms with Crippen LogP contribution in [0.3, 0.4) is 0 Å². The Labute approximate surface area is 201 Å². The number of amides is 1. The van der Waals surface area contributed by atoms with Gasteiger partial charge in [0.1, 0.15) is 17.9 Å². The van der Waals surface area contributed by atoms with Gasteiger partial charge >= 0.3 is 0 Å². The normalized spacial score (nSPS) is 21.5. The standard InChI is InChI=1S/C24H34N4O5S/c1-16-12-20(32-3)13-17(2)24(16)34(30,31)15-23-27-26-22(33-23)14-21(29)25-18-6-8-19(9-7-18)28-10-4-5-11-28/h12-13,18-19H,4-11,14-15H2,1-3H3,(H,25,29). The molecule has 1 aromatic carbocycles. The first-order chi connectivity index (χ1) is 16.2. The Balaban J connectivity index is 1.31. The van der Waals surface area contributed by atoms with Crippen molar-refractivity contribution in [1.82, 2.24) is 20.4 Å². The number of carbonyl (C=O) groups is 1. The quantitative estimate of drug-likeness (QED) is 0.601. The minimum Gasteiger partial charge on any atom is -0.497 e. The van der Waals surface area contributed by atoms with Gasteiger partial charge in [0.05, 0.1) is 12.0 Å². The van der Waals surface area contributed by atoms with E-state index in [1.165, 1.54) is 33.0 Å². The maximum atomic E-state index is 13.0. The van der Waals surface area contributed by atoms with Crippen LogP contribution in [0.15, 0.2) is 21.4 Å². The highest BCUT2D eigenvalue weighted by Gasteiger charge is 2.29. The number of aromatic nitrogens is 2. The molecule has 1 aromatic heterocycles. The fourth-order valence-electron chi connectivity index (χ4n) is 5.28. The molecular formula is C24H34N4O5S. The number of likely N-dealkylation sites (tertiary alicyclic amines) is 1. The van der Waals surface area contributed by atoms with E-state index in [9.17, 15) is 13.2 Å². The lowest BCUT2D eigenvalue weighted by atomic mass is 9.90. The summed E-state index contributed by atoms with van der Waals surface area (Å²) in [5.41, 5.74) is 1.19. The number of hydrogen-bond acceptors (Lipinski definition) is 8. The maximum absolute atomic E-state index is 13.0. The molecule has 0 radical (unpaired) electrons. The molecule has 1 amide bonds. The van der Waals surface area contributed by atoms with Crippen LogP contribution in [-0.2, 0) is 26.8 Å². The van der Waals surface area contributed by atoms with E-state index in [0.717, 1.165) is 25.7 Å². The SMILES string of the molecule is COc1cc(C)c(S(=O)(=O)Cc2nnc(CC(=O)NC3CCC(N4CCCC4)CC3)o2)c(C)c1. The van der Waals surface area contributed by atoms with Crippen molar-refractivity contribution >= 4 is 15.7 Å². The lowest BCUT2D eigenvalue weighted by Crippen LogP contribution is -2.43. The summed E-state index contributed by atoms with van der Waals surface area (Å²) in [6.07, 6.45) is 6.70. The number of hydrogen-bond donors (Lipinski definition) is 1. The van der Waals surface area contributed by atoms with Crippen LogP contribution >= 0.6 is 0 Å². The molecule has 2 aromatic rings. The highest BCUT2D eigenvalue weighted by molar-refractivity contribution is 7.90. The second-order valence-corrected chi connectivity index (χ2v) is 11.4. The van der Waals surface area contributed by atoms with Crippen molar-refractivity contribution in [2.45, 2.75) is 81.5 Å². The Hall–Kier alpha value is -2.46. The molecule has 0 atom stereocenters. The molecule has 9 nitrogen and oxygen atoms in total. The van der Waals surface area contributed by atoms with Crippen molar-refractivity contribution in [3.05, 3.63) is 35.0 Å². The molecule has 2 fully saturated rings. The Morgan fingerprint density at radius 2 is 1.71 bits per heavy atom. The van der Waals surface area contributed by atoms with Crippen molar-refractivity contribution in [2.75, 3.05) is 20.2 Å². The molecule has 10 heteroatoms. The summed E-state index contributed by atoms with van der Waals surface area (Å²) in [5.74, 6) is 0.102. The second-order valence-electron chi connectivity index (χ2n) is 9.43. The van der Waals surface area contributed by atoms with Crippen LogP contribution in [0, 0.1) is 13.8 Å². The summed E-state index contributed by atoms with van der Waals surface area (Å²) in [6, 6.07) is 4.17. The summed E-state index contributed by atoms with van der Waals surface area (Å²) in [6.45, 7) is 5.86. The highest BCUT2D eigenvalue weighted by Crippen LogP contribution is 2.28. The summed E-state index contributed by atoms with van der Waals surface area (Å²) in [5, 5.41) is 10.8. The lowest BCUT2D eigenvalue weighted by Gasteiger charge is -2.34. The summed E-state index contributed by atoms with van der Waals surface area (Å²) < 4.78 is 36.7.